The van der Waals surface area contributed by atoms with Crippen LogP contribution in [-0.2, 0) is 11.8 Å². The third-order valence-corrected chi connectivity index (χ3v) is 3.61. The zero-order valence-corrected chi connectivity index (χ0v) is 13.1. The van der Waals surface area contributed by atoms with Crippen molar-refractivity contribution >= 4 is 12.6 Å². The van der Waals surface area contributed by atoms with Crippen molar-refractivity contribution in [2.45, 2.75) is 46.0 Å². The molecule has 1 aromatic carbocycles. The van der Waals surface area contributed by atoms with Gasteiger partial charge in [-0.1, -0.05) is 39.0 Å². The number of benzene rings is 1. The van der Waals surface area contributed by atoms with E-state index in [9.17, 15) is 0 Å². The molecule has 1 nitrogen and oxygen atoms in total. The first-order chi connectivity index (χ1) is 8.45. The number of rotatable bonds is 6. The summed E-state index contributed by atoms with van der Waals surface area (Å²) in [5.41, 5.74) is 4.54. The van der Waals surface area contributed by atoms with E-state index in [-0.39, 0.29) is 5.41 Å². The lowest BCUT2D eigenvalue weighted by atomic mass is 9.85. The number of nitrogens with one attached hydrogen (secondary N) is 1. The van der Waals surface area contributed by atoms with Gasteiger partial charge in [0.05, 0.1) is 0 Å². The normalized spacial score (nSPS) is 11.8. The molecule has 0 atom stereocenters. The summed E-state index contributed by atoms with van der Waals surface area (Å²) < 4.78 is 0. The lowest BCUT2D eigenvalue weighted by molar-refractivity contribution is 0.588. The topological polar surface area (TPSA) is 12.0 Å². The van der Waals surface area contributed by atoms with Gasteiger partial charge in [0.15, 0.2) is 0 Å². The lowest BCUT2D eigenvalue weighted by Gasteiger charge is -2.21. The molecule has 0 saturated heterocycles. The number of thiol groups is 1. The molecule has 0 fully saturated rings. The van der Waals surface area contributed by atoms with Gasteiger partial charge in [-0.3, -0.25) is 0 Å². The summed E-state index contributed by atoms with van der Waals surface area (Å²) in [7, 11) is 0. The molecule has 0 amide bonds. The Morgan fingerprint density at radius 1 is 1.17 bits per heavy atom. The molecule has 2 heteroatoms. The fourth-order valence-electron chi connectivity index (χ4n) is 1.96. The van der Waals surface area contributed by atoms with Crippen LogP contribution in [0.1, 0.15) is 43.9 Å². The minimum Gasteiger partial charge on any atom is -0.316 e. The van der Waals surface area contributed by atoms with Gasteiger partial charge >= 0.3 is 0 Å². The van der Waals surface area contributed by atoms with E-state index in [1.165, 1.54) is 16.7 Å². The maximum Gasteiger partial charge on any atom is -0.000824 e. The van der Waals surface area contributed by atoms with Crippen molar-refractivity contribution in [3.63, 3.8) is 0 Å². The second kappa shape index (κ2) is 7.20. The van der Waals surface area contributed by atoms with Crippen LogP contribution in [0.3, 0.4) is 0 Å². The molecule has 0 unspecified atom stereocenters. The summed E-state index contributed by atoms with van der Waals surface area (Å²) in [5, 5.41) is 3.47. The smallest absolute Gasteiger partial charge is 0.000824 e. The van der Waals surface area contributed by atoms with Gasteiger partial charge in [0.2, 0.25) is 0 Å². The lowest BCUT2D eigenvalue weighted by Crippen LogP contribution is -2.19. The summed E-state index contributed by atoms with van der Waals surface area (Å²) >= 11 is 4.21. The van der Waals surface area contributed by atoms with E-state index in [2.05, 4.69) is 63.8 Å². The Bertz CT molecular complexity index is 366. The molecule has 0 spiro atoms. The Hall–Kier alpha value is -0.470. The first-order valence-corrected chi connectivity index (χ1v) is 7.50. The molecular weight excluding hydrogens is 238 g/mol. The van der Waals surface area contributed by atoms with Crippen LogP contribution < -0.4 is 5.32 Å². The molecule has 0 aliphatic carbocycles. The zero-order chi connectivity index (χ0) is 13.6. The highest BCUT2D eigenvalue weighted by atomic mass is 32.1. The maximum absolute atomic E-state index is 4.21. The molecule has 102 valence electrons. The quantitative estimate of drug-likeness (QED) is 0.590. The van der Waals surface area contributed by atoms with Gasteiger partial charge in [0.25, 0.3) is 0 Å². The number of hydrogen-bond acceptors (Lipinski definition) is 2. The zero-order valence-electron chi connectivity index (χ0n) is 12.2. The van der Waals surface area contributed by atoms with E-state index in [1.54, 1.807) is 0 Å². The van der Waals surface area contributed by atoms with Crippen LogP contribution in [0.2, 0.25) is 0 Å². The second-order valence-electron chi connectivity index (χ2n) is 5.97. The maximum atomic E-state index is 4.21. The SMILES string of the molecule is Cc1ccc(C(C)(C)C)cc1CCNCCCS. The Kier molecular flexibility index (Phi) is 6.24. The Morgan fingerprint density at radius 3 is 2.50 bits per heavy atom. The summed E-state index contributed by atoms with van der Waals surface area (Å²) in [4.78, 5) is 0. The highest BCUT2D eigenvalue weighted by Gasteiger charge is 2.14. The van der Waals surface area contributed by atoms with Crippen molar-refractivity contribution in [2.24, 2.45) is 0 Å². The monoisotopic (exact) mass is 265 g/mol. The van der Waals surface area contributed by atoms with Crippen molar-refractivity contribution in [3.05, 3.63) is 34.9 Å². The first-order valence-electron chi connectivity index (χ1n) is 6.86. The molecule has 0 aromatic heterocycles. The molecule has 18 heavy (non-hydrogen) atoms. The molecular formula is C16H27NS. The van der Waals surface area contributed by atoms with Crippen molar-refractivity contribution in [1.29, 1.82) is 0 Å². The van der Waals surface area contributed by atoms with Gasteiger partial charge in [0.1, 0.15) is 0 Å². The largest absolute Gasteiger partial charge is 0.316 e. The number of hydrogen-bond donors (Lipinski definition) is 2. The van der Waals surface area contributed by atoms with Crippen molar-refractivity contribution in [3.8, 4) is 0 Å². The van der Waals surface area contributed by atoms with E-state index < -0.39 is 0 Å². The third-order valence-electron chi connectivity index (χ3n) is 3.30. The van der Waals surface area contributed by atoms with Gasteiger partial charge < -0.3 is 5.32 Å². The molecule has 0 saturated carbocycles. The van der Waals surface area contributed by atoms with Crippen LogP contribution in [0.15, 0.2) is 18.2 Å². The van der Waals surface area contributed by atoms with E-state index in [4.69, 9.17) is 0 Å². The molecule has 0 aliphatic heterocycles. The molecule has 1 rings (SSSR count). The second-order valence-corrected chi connectivity index (χ2v) is 6.42. The predicted octanol–water partition coefficient (Wildman–Crippen LogP) is 3.74. The van der Waals surface area contributed by atoms with E-state index in [0.29, 0.717) is 0 Å². The standard InChI is InChI=1S/C16H27NS/c1-13-6-7-15(16(2,3)4)12-14(13)8-10-17-9-5-11-18/h6-7,12,17-18H,5,8-11H2,1-4H3. The van der Waals surface area contributed by atoms with Crippen molar-refractivity contribution < 1.29 is 0 Å². The predicted molar refractivity (Wildman–Crippen MR) is 84.9 cm³/mol. The van der Waals surface area contributed by atoms with E-state index in [0.717, 1.165) is 31.7 Å². The van der Waals surface area contributed by atoms with Crippen LogP contribution in [0.5, 0.6) is 0 Å². The van der Waals surface area contributed by atoms with Crippen LogP contribution in [0, 0.1) is 6.92 Å². The van der Waals surface area contributed by atoms with Crippen LogP contribution in [0.4, 0.5) is 0 Å². The Balaban J connectivity index is 2.59. The average Bonchev–Trinajstić information content (AvgIpc) is 2.29. The summed E-state index contributed by atoms with van der Waals surface area (Å²) in [6, 6.07) is 6.88. The molecule has 0 aliphatic rings. The third kappa shape index (κ3) is 5.03. The van der Waals surface area contributed by atoms with Crippen LogP contribution in [-0.4, -0.2) is 18.8 Å². The summed E-state index contributed by atoms with van der Waals surface area (Å²) in [6.07, 6.45) is 2.26. The molecule has 0 heterocycles. The Labute approximate surface area is 118 Å². The molecule has 0 bridgehead atoms. The fraction of sp³-hybridized carbons (Fsp3) is 0.625. The highest BCUT2D eigenvalue weighted by molar-refractivity contribution is 7.80. The average molecular weight is 265 g/mol. The van der Waals surface area contributed by atoms with Gasteiger partial charge in [-0.25, -0.2) is 0 Å². The first kappa shape index (κ1) is 15.6. The van der Waals surface area contributed by atoms with E-state index >= 15 is 0 Å². The van der Waals surface area contributed by atoms with Crippen molar-refractivity contribution in [2.75, 3.05) is 18.8 Å². The van der Waals surface area contributed by atoms with Crippen LogP contribution in [0.25, 0.3) is 0 Å². The summed E-state index contributed by atoms with van der Waals surface area (Å²) in [5.74, 6) is 0.964. The fourth-order valence-corrected chi connectivity index (χ4v) is 2.12. The van der Waals surface area contributed by atoms with Crippen LogP contribution >= 0.6 is 12.6 Å². The highest BCUT2D eigenvalue weighted by Crippen LogP contribution is 2.24. The van der Waals surface area contributed by atoms with Gasteiger partial charge in [-0.2, -0.15) is 12.6 Å². The molecule has 1 aromatic rings. The minimum atomic E-state index is 0.238. The van der Waals surface area contributed by atoms with Gasteiger partial charge in [-0.15, -0.1) is 0 Å². The number of aryl methyl sites for hydroxylation is 1. The molecule has 0 radical (unpaired) electrons. The minimum absolute atomic E-state index is 0.238. The van der Waals surface area contributed by atoms with Gasteiger partial charge in [-0.05, 0) is 60.7 Å². The summed E-state index contributed by atoms with van der Waals surface area (Å²) in [6.45, 7) is 11.1. The van der Waals surface area contributed by atoms with E-state index in [1.807, 2.05) is 0 Å². The van der Waals surface area contributed by atoms with Gasteiger partial charge in [0, 0.05) is 0 Å². The molecule has 1 N–H and O–H groups in total. The van der Waals surface area contributed by atoms with Crippen molar-refractivity contribution in [1.82, 2.24) is 5.32 Å². The Morgan fingerprint density at radius 2 is 1.89 bits per heavy atom.